The lowest BCUT2D eigenvalue weighted by Gasteiger charge is -2.09. The molecule has 0 aliphatic heterocycles. The molecule has 240 valence electrons. The van der Waals surface area contributed by atoms with Gasteiger partial charge in [0, 0.05) is 65.5 Å². The molecule has 0 aliphatic rings. The molecule has 0 atom stereocenters. The fraction of sp³-hybridized carbons (Fsp3) is 0.0256. The number of aromatic amines is 4. The largest absolute Gasteiger partial charge is 0.345 e. The molecule has 0 saturated carbocycles. The number of aromatic nitrogens is 9. The molecule has 5 heterocycles. The topological polar surface area (TPSA) is 154 Å². The average Bonchev–Trinajstić information content (AvgIpc) is 4.00. The van der Waals surface area contributed by atoms with Gasteiger partial charge in [0.15, 0.2) is 11.6 Å². The van der Waals surface area contributed by atoms with Gasteiger partial charge in [-0.15, -0.1) is 0 Å². The Morgan fingerprint density at radius 3 is 1.36 bits per heavy atom. The van der Waals surface area contributed by atoms with Gasteiger partial charge in [0.1, 0.15) is 11.6 Å². The minimum atomic E-state index is -0.184. The number of imidazole rings is 4. The van der Waals surface area contributed by atoms with E-state index in [1.807, 2.05) is 104 Å². The van der Waals surface area contributed by atoms with Gasteiger partial charge in [-0.25, -0.2) is 19.9 Å². The first-order valence-electron chi connectivity index (χ1n) is 15.9. The molecule has 11 heteroatoms. The summed E-state index contributed by atoms with van der Waals surface area (Å²) in [5, 5.41) is 0. The molecule has 0 fully saturated rings. The average molecular weight is 654 g/mol. The van der Waals surface area contributed by atoms with Crippen LogP contribution in [-0.2, 0) is 7.05 Å². The summed E-state index contributed by atoms with van der Waals surface area (Å²) in [6.45, 7) is 0. The second kappa shape index (κ2) is 11.5. The lowest BCUT2D eigenvalue weighted by atomic mass is 10.1. The molecule has 9 rings (SSSR count). The Bertz CT molecular complexity index is 2490. The minimum absolute atomic E-state index is 0.184. The van der Waals surface area contributed by atoms with Crippen molar-refractivity contribution in [1.82, 2.24) is 44.4 Å². The molecule has 9 aromatic rings. The summed E-state index contributed by atoms with van der Waals surface area (Å²) in [5.41, 5.74) is 9.76. The predicted octanol–water partition coefficient (Wildman–Crippen LogP) is 7.35. The summed E-state index contributed by atoms with van der Waals surface area (Å²) < 4.78 is 2.10. The number of nitrogens with zero attached hydrogens (tertiary/aromatic N) is 5. The first-order valence-corrected chi connectivity index (χ1v) is 15.9. The first kappa shape index (κ1) is 29.0. The number of H-pyrrole nitrogens is 4. The van der Waals surface area contributed by atoms with Crippen molar-refractivity contribution in [2.24, 2.45) is 7.05 Å². The van der Waals surface area contributed by atoms with Gasteiger partial charge in [0.25, 0.3) is 0 Å². The number of fused-ring (bicyclic) bond motifs is 2. The van der Waals surface area contributed by atoms with Gasteiger partial charge >= 0.3 is 0 Å². The van der Waals surface area contributed by atoms with E-state index in [2.05, 4.69) is 44.4 Å². The van der Waals surface area contributed by atoms with Crippen LogP contribution in [0.25, 0.3) is 67.4 Å². The van der Waals surface area contributed by atoms with E-state index in [9.17, 15) is 9.59 Å². The van der Waals surface area contributed by atoms with Crippen LogP contribution in [0.15, 0.2) is 122 Å². The second-order valence-electron chi connectivity index (χ2n) is 12.0. The molecule has 4 N–H and O–H groups in total. The number of hydrogen-bond donors (Lipinski definition) is 4. The summed E-state index contributed by atoms with van der Waals surface area (Å²) in [7, 11) is 2.00. The maximum Gasteiger partial charge on any atom is 0.228 e. The van der Waals surface area contributed by atoms with Gasteiger partial charge in [-0.2, -0.15) is 0 Å². The predicted molar refractivity (Wildman–Crippen MR) is 191 cm³/mol. The number of rotatable bonds is 8. The van der Waals surface area contributed by atoms with E-state index < -0.39 is 0 Å². The lowest BCUT2D eigenvalue weighted by molar-refractivity contribution is 0.102. The van der Waals surface area contributed by atoms with Crippen molar-refractivity contribution in [1.29, 1.82) is 0 Å². The maximum absolute atomic E-state index is 13.4. The van der Waals surface area contributed by atoms with Crippen LogP contribution in [0.2, 0.25) is 0 Å². The van der Waals surface area contributed by atoms with Crippen LogP contribution >= 0.6 is 0 Å². The number of carbonyl (C=O) groups is 2. The second-order valence-corrected chi connectivity index (χ2v) is 12.0. The summed E-state index contributed by atoms with van der Waals surface area (Å²) in [6.07, 6.45) is 6.94. The lowest BCUT2D eigenvalue weighted by Crippen LogP contribution is -2.04. The molecule has 5 aromatic heterocycles. The smallest absolute Gasteiger partial charge is 0.228 e. The zero-order chi connectivity index (χ0) is 33.8. The van der Waals surface area contributed by atoms with Crippen molar-refractivity contribution in [3.63, 3.8) is 0 Å². The van der Waals surface area contributed by atoms with E-state index in [0.29, 0.717) is 22.2 Å². The molecule has 11 nitrogen and oxygen atoms in total. The summed E-state index contributed by atoms with van der Waals surface area (Å²) in [6, 6.07) is 30.6. The van der Waals surface area contributed by atoms with Crippen molar-refractivity contribution >= 4 is 33.6 Å². The SMILES string of the molecule is Cn1c(-c2ccc(C(=O)c3nc4ccc(-c5ncc[nH]5)cc4[nH]3)cc2)ccc1-c1ccc(C(=O)c2nc3ccc(-c4ncc[nH]4)cc3[nH]2)cc1. The van der Waals surface area contributed by atoms with Gasteiger partial charge < -0.3 is 24.5 Å². The number of ketones is 2. The van der Waals surface area contributed by atoms with Crippen LogP contribution in [0.4, 0.5) is 0 Å². The molecule has 0 radical (unpaired) electrons. The highest BCUT2D eigenvalue weighted by Crippen LogP contribution is 2.30. The number of nitrogens with one attached hydrogen (secondary N) is 4. The van der Waals surface area contributed by atoms with E-state index in [4.69, 9.17) is 0 Å². The van der Waals surface area contributed by atoms with Crippen molar-refractivity contribution in [2.75, 3.05) is 0 Å². The van der Waals surface area contributed by atoms with Crippen molar-refractivity contribution in [3.8, 4) is 45.3 Å². The van der Waals surface area contributed by atoms with Gasteiger partial charge in [-0.1, -0.05) is 48.5 Å². The molecule has 4 aromatic carbocycles. The first-order chi connectivity index (χ1) is 24.5. The van der Waals surface area contributed by atoms with Gasteiger partial charge in [-0.05, 0) is 59.7 Å². The number of benzene rings is 4. The Morgan fingerprint density at radius 2 is 0.960 bits per heavy atom. The Hall–Kier alpha value is -7.14. The quantitative estimate of drug-likeness (QED) is 0.126. The third-order valence-electron chi connectivity index (χ3n) is 8.94. The summed E-state index contributed by atoms with van der Waals surface area (Å²) in [5.74, 6) is 1.70. The zero-order valence-electron chi connectivity index (χ0n) is 26.6. The fourth-order valence-electron chi connectivity index (χ4n) is 6.32. The van der Waals surface area contributed by atoms with Crippen LogP contribution in [0, 0.1) is 0 Å². The molecule has 0 spiro atoms. The highest BCUT2D eigenvalue weighted by atomic mass is 16.1. The molecule has 0 bridgehead atoms. The van der Waals surface area contributed by atoms with E-state index in [-0.39, 0.29) is 23.2 Å². The van der Waals surface area contributed by atoms with Gasteiger partial charge in [0.05, 0.1) is 22.1 Å². The Labute approximate surface area is 284 Å². The van der Waals surface area contributed by atoms with Crippen LogP contribution in [0.5, 0.6) is 0 Å². The zero-order valence-corrected chi connectivity index (χ0v) is 26.6. The van der Waals surface area contributed by atoms with E-state index >= 15 is 0 Å². The van der Waals surface area contributed by atoms with Crippen molar-refractivity contribution in [3.05, 3.63) is 145 Å². The maximum atomic E-state index is 13.4. The Balaban J connectivity index is 0.915. The number of hydrogen-bond acceptors (Lipinski definition) is 6. The van der Waals surface area contributed by atoms with Crippen LogP contribution < -0.4 is 0 Å². The van der Waals surface area contributed by atoms with Crippen LogP contribution in [0.1, 0.15) is 32.4 Å². The molecular formula is C39H27N9O2. The van der Waals surface area contributed by atoms with Crippen molar-refractivity contribution < 1.29 is 9.59 Å². The highest BCUT2D eigenvalue weighted by Gasteiger charge is 2.18. The monoisotopic (exact) mass is 653 g/mol. The molecule has 0 unspecified atom stereocenters. The molecule has 0 aliphatic carbocycles. The molecule has 0 saturated heterocycles. The van der Waals surface area contributed by atoms with Gasteiger partial charge in [-0.3, -0.25) is 9.59 Å². The molecule has 50 heavy (non-hydrogen) atoms. The summed E-state index contributed by atoms with van der Waals surface area (Å²) >= 11 is 0. The Morgan fingerprint density at radius 1 is 0.540 bits per heavy atom. The normalized spacial score (nSPS) is 11.5. The van der Waals surface area contributed by atoms with Gasteiger partial charge in [0.2, 0.25) is 11.6 Å². The van der Waals surface area contributed by atoms with E-state index in [1.165, 1.54) is 0 Å². The van der Waals surface area contributed by atoms with Crippen molar-refractivity contribution in [2.45, 2.75) is 0 Å². The minimum Gasteiger partial charge on any atom is -0.345 e. The third kappa shape index (κ3) is 5.01. The van der Waals surface area contributed by atoms with Crippen LogP contribution in [-0.4, -0.2) is 56.0 Å². The standard InChI is InChI=1S/C39H27N9O2/c1-48-32(22-2-6-24(7-3-22)34(49)38-44-28-12-10-26(20-30(28)46-38)36-40-16-17-41-36)14-15-33(48)23-4-8-25(9-5-23)35(50)39-45-29-13-11-27(21-31(29)47-39)37-42-18-19-43-37/h2-21H,1H3,(H,40,41)(H,42,43)(H,44,46)(H,45,47). The highest BCUT2D eigenvalue weighted by molar-refractivity contribution is 6.09. The Kier molecular flexibility index (Phi) is 6.69. The third-order valence-corrected chi connectivity index (χ3v) is 8.94. The van der Waals surface area contributed by atoms with E-state index in [1.54, 1.807) is 24.8 Å². The summed E-state index contributed by atoms with van der Waals surface area (Å²) in [4.78, 5) is 56.9. The van der Waals surface area contributed by atoms with Crippen LogP contribution in [0.3, 0.4) is 0 Å². The van der Waals surface area contributed by atoms with E-state index in [0.717, 1.165) is 56.3 Å². The number of carbonyl (C=O) groups excluding carboxylic acids is 2. The molecular weight excluding hydrogens is 626 g/mol. The fourth-order valence-corrected chi connectivity index (χ4v) is 6.32. The molecule has 0 amide bonds.